The molecule has 0 unspecified atom stereocenters. The second-order valence-electron chi connectivity index (χ2n) is 18.2. The smallest absolute Gasteiger partial charge is 0.340 e. The molecule has 6 atom stereocenters. The van der Waals surface area contributed by atoms with Crippen LogP contribution in [0.3, 0.4) is 0 Å². The molecule has 5 aromatic rings. The van der Waals surface area contributed by atoms with Crippen molar-refractivity contribution in [3.8, 4) is 41.1 Å². The van der Waals surface area contributed by atoms with Crippen molar-refractivity contribution in [1.82, 2.24) is 25.6 Å². The van der Waals surface area contributed by atoms with Gasteiger partial charge in [0, 0.05) is 60.0 Å². The molecule has 1 spiro atoms. The molecule has 0 radical (unpaired) electrons. The maximum Gasteiger partial charge on any atom is 0.340 e. The molecule has 78 heavy (non-hydrogen) atoms. The molecule has 1 saturated heterocycles. The molecule has 3 amide bonds. The summed E-state index contributed by atoms with van der Waals surface area (Å²) in [4.78, 5) is 53.0. The number of aromatic nitrogens is 3. The first kappa shape index (κ1) is 56.5. The van der Waals surface area contributed by atoms with Crippen LogP contribution in [0.5, 0.6) is 28.7 Å². The lowest BCUT2D eigenvalue weighted by molar-refractivity contribution is -0.300. The van der Waals surface area contributed by atoms with Gasteiger partial charge in [-0.05, 0) is 60.5 Å². The highest BCUT2D eigenvalue weighted by Gasteiger charge is 2.54. The summed E-state index contributed by atoms with van der Waals surface area (Å²) in [5.41, 5.74) is 1.49. The number of nitrogens with one attached hydrogen (secondary N) is 3. The maximum absolute atomic E-state index is 13.5. The molecule has 24 nitrogen and oxygen atoms in total. The number of ether oxygens (including phenoxy) is 8. The van der Waals surface area contributed by atoms with Crippen molar-refractivity contribution in [3.05, 3.63) is 119 Å². The van der Waals surface area contributed by atoms with Crippen LogP contribution >= 0.6 is 0 Å². The van der Waals surface area contributed by atoms with Gasteiger partial charge >= 0.3 is 5.97 Å². The van der Waals surface area contributed by atoms with Gasteiger partial charge in [0.1, 0.15) is 65.8 Å². The first-order valence-electron chi connectivity index (χ1n) is 25.1. The molecule has 0 aliphatic carbocycles. The number of benzene rings is 4. The van der Waals surface area contributed by atoms with Gasteiger partial charge in [-0.15, -0.1) is 17.4 Å². The summed E-state index contributed by atoms with van der Waals surface area (Å²) in [7, 11) is 0. The van der Waals surface area contributed by atoms with Crippen molar-refractivity contribution in [1.29, 1.82) is 0 Å². The summed E-state index contributed by atoms with van der Waals surface area (Å²) >= 11 is 0. The van der Waals surface area contributed by atoms with E-state index in [1.54, 1.807) is 42.6 Å². The molecule has 24 heteroatoms. The summed E-state index contributed by atoms with van der Waals surface area (Å²) in [5, 5.41) is 75.9. The van der Waals surface area contributed by atoms with Gasteiger partial charge in [0.2, 0.25) is 17.7 Å². The monoisotopic (exact) mass is 1080 g/mol. The fraction of sp³-hybridized carbons (Fsp3) is 0.407. The third-order valence-electron chi connectivity index (χ3n) is 12.8. The maximum atomic E-state index is 13.5. The first-order chi connectivity index (χ1) is 37.8. The fourth-order valence-electron chi connectivity index (χ4n) is 8.86. The number of aliphatic hydroxyl groups excluding tert-OH is 4. The minimum atomic E-state index is -1.50. The number of esters is 1. The number of fused-ring (bicyclic) bond motifs is 6. The van der Waals surface area contributed by atoms with Gasteiger partial charge in [-0.1, -0.05) is 23.4 Å². The average Bonchev–Trinajstić information content (AvgIpc) is 4.21. The van der Waals surface area contributed by atoms with Crippen LogP contribution in [0.1, 0.15) is 51.1 Å². The lowest BCUT2D eigenvalue weighted by Gasteiger charge is -2.39. The number of carbonyl (C=O) groups excluding carboxylic acids is 4. The molecule has 414 valence electrons. The van der Waals surface area contributed by atoms with Gasteiger partial charge in [-0.2, -0.15) is 0 Å². The Morgan fingerprint density at radius 2 is 1.46 bits per heavy atom. The standard InChI is InChI=1S/C54H60N6O18/c1-2-3-4-46(64)57-42(51(69)55-29-47(65)56-33-7-12-39-38(25-33)52(70)78-54(39)40-13-8-35(62)27-43(40)76-44-28-36(63)9-14-41(44)54)26-34-30-60(59-58-34)16-18-71-19-20-72-21-22-73-23-24-74-37-10-5-32(6-11-37)15-17-75-53-50(68)49(67)48(66)45(31-61)77-53/h1,5-14,25,27-28,30,42,45,48-50,53,61-63,66-68H,3-4,15-24,26,29,31H2,(H,55,69)(H,56,65)(H,57,64)/t42-,45+,48+,49-,50+,53+/m0/s1. The topological polar surface area (TPSA) is 330 Å². The van der Waals surface area contributed by atoms with Crippen LogP contribution in [0, 0.1) is 12.3 Å². The Balaban J connectivity index is 0.715. The zero-order valence-electron chi connectivity index (χ0n) is 42.2. The minimum absolute atomic E-state index is 0.0335. The molecule has 0 bridgehead atoms. The molecular formula is C54H60N6O18. The molecule has 3 aliphatic rings. The Kier molecular flexibility index (Phi) is 19.2. The van der Waals surface area contributed by atoms with Crippen molar-refractivity contribution < 1.29 is 87.7 Å². The highest BCUT2D eigenvalue weighted by Crippen LogP contribution is 2.57. The zero-order chi connectivity index (χ0) is 55.2. The number of aliphatic hydroxyl groups is 4. The lowest BCUT2D eigenvalue weighted by atomic mass is 9.77. The van der Waals surface area contributed by atoms with E-state index < -0.39 is 79.2 Å². The van der Waals surface area contributed by atoms with E-state index in [9.17, 15) is 49.8 Å². The predicted molar refractivity (Wildman–Crippen MR) is 271 cm³/mol. The van der Waals surface area contributed by atoms with Gasteiger partial charge in [-0.25, -0.2) is 9.48 Å². The van der Waals surface area contributed by atoms with Gasteiger partial charge in [0.25, 0.3) is 0 Å². The highest BCUT2D eigenvalue weighted by atomic mass is 16.7. The van der Waals surface area contributed by atoms with E-state index >= 15 is 0 Å². The van der Waals surface area contributed by atoms with Crippen molar-refractivity contribution in [2.75, 3.05) is 71.3 Å². The quantitative estimate of drug-likeness (QED) is 0.0201. The molecule has 8 rings (SSSR count). The van der Waals surface area contributed by atoms with Crippen LogP contribution in [0.4, 0.5) is 5.69 Å². The number of nitrogens with zero attached hydrogens (tertiary/aromatic N) is 3. The van der Waals surface area contributed by atoms with Gasteiger partial charge in [0.05, 0.1) is 77.2 Å². The molecular weight excluding hydrogens is 1020 g/mol. The third kappa shape index (κ3) is 13.9. The Morgan fingerprint density at radius 3 is 2.14 bits per heavy atom. The summed E-state index contributed by atoms with van der Waals surface area (Å²) in [5.74, 6) is 0.809. The second-order valence-corrected chi connectivity index (χ2v) is 18.2. The minimum Gasteiger partial charge on any atom is -0.508 e. The third-order valence-corrected chi connectivity index (χ3v) is 12.8. The largest absolute Gasteiger partial charge is 0.508 e. The zero-order valence-corrected chi connectivity index (χ0v) is 42.2. The van der Waals surface area contributed by atoms with Crippen molar-refractivity contribution in [2.45, 2.75) is 74.6 Å². The fourth-order valence-corrected chi connectivity index (χ4v) is 8.86. The number of amides is 3. The number of anilines is 1. The van der Waals surface area contributed by atoms with E-state index in [4.69, 9.17) is 44.3 Å². The van der Waals surface area contributed by atoms with Gasteiger partial charge in [-0.3, -0.25) is 14.4 Å². The first-order valence-corrected chi connectivity index (χ1v) is 25.1. The number of phenolic OH excluding ortho intramolecular Hbond substituents is 2. The van der Waals surface area contributed by atoms with Crippen molar-refractivity contribution in [3.63, 3.8) is 0 Å². The van der Waals surface area contributed by atoms with E-state index in [0.29, 0.717) is 80.7 Å². The predicted octanol–water partition coefficient (Wildman–Crippen LogP) is 0.941. The van der Waals surface area contributed by atoms with E-state index in [1.807, 2.05) is 12.1 Å². The lowest BCUT2D eigenvalue weighted by Crippen LogP contribution is -2.59. The SMILES string of the molecule is C#CCCC(=O)N[C@@H](Cc1cn(CCOCCOCCOCCOc2ccc(CCO[C@@H]3O[C@H](CO)[C@@H](O)[C@H](O)[C@H]3O)cc2)nn1)C(=O)NCC(=O)Nc1ccc2c(c1)C(=O)OC21c2ccc(O)cc2Oc2cc(O)ccc21. The van der Waals surface area contributed by atoms with Crippen LogP contribution in [0.25, 0.3) is 0 Å². The Bertz CT molecular complexity index is 2880. The van der Waals surface area contributed by atoms with Crippen LogP contribution in [0.2, 0.25) is 0 Å². The number of carbonyl (C=O) groups is 4. The Labute approximate surface area is 447 Å². The average molecular weight is 1080 g/mol. The highest BCUT2D eigenvalue weighted by molar-refractivity contribution is 6.01. The van der Waals surface area contributed by atoms with Gasteiger partial charge < -0.3 is 84.5 Å². The molecule has 9 N–H and O–H groups in total. The van der Waals surface area contributed by atoms with Crippen LogP contribution in [-0.4, -0.2) is 172 Å². The van der Waals surface area contributed by atoms with Crippen LogP contribution in [-0.2, 0) is 67.8 Å². The van der Waals surface area contributed by atoms with E-state index in [2.05, 4.69) is 32.2 Å². The second kappa shape index (κ2) is 26.6. The Hall–Kier alpha value is -7.70. The molecule has 0 saturated carbocycles. The van der Waals surface area contributed by atoms with E-state index in [0.717, 1.165) is 5.56 Å². The summed E-state index contributed by atoms with van der Waals surface area (Å²) in [6, 6.07) is 19.6. The summed E-state index contributed by atoms with van der Waals surface area (Å²) in [6.07, 6.45) is 0.861. The van der Waals surface area contributed by atoms with Crippen molar-refractivity contribution >= 4 is 29.4 Å². The summed E-state index contributed by atoms with van der Waals surface area (Å²) in [6.45, 7) is 1.70. The van der Waals surface area contributed by atoms with Crippen LogP contribution in [0.15, 0.2) is 85.1 Å². The van der Waals surface area contributed by atoms with Crippen LogP contribution < -0.4 is 25.4 Å². The van der Waals surface area contributed by atoms with E-state index in [1.165, 1.54) is 35.0 Å². The van der Waals surface area contributed by atoms with Crippen molar-refractivity contribution in [2.24, 2.45) is 0 Å². The molecule has 1 fully saturated rings. The number of hydrogen-bond donors (Lipinski definition) is 9. The normalized spacial score (nSPS) is 19.1. The molecule has 4 heterocycles. The number of hydrogen-bond acceptors (Lipinski definition) is 20. The summed E-state index contributed by atoms with van der Waals surface area (Å²) < 4.78 is 47.1. The number of phenols is 2. The molecule has 1 aromatic heterocycles. The number of rotatable bonds is 27. The number of aromatic hydroxyl groups is 2. The van der Waals surface area contributed by atoms with E-state index in [-0.39, 0.29) is 66.7 Å². The molecule has 4 aromatic carbocycles. The van der Waals surface area contributed by atoms with Gasteiger partial charge in [0.15, 0.2) is 11.9 Å². The molecule has 3 aliphatic heterocycles. The Morgan fingerprint density at radius 1 is 0.795 bits per heavy atom. The number of terminal acetylenes is 1.